The van der Waals surface area contributed by atoms with Crippen LogP contribution in [0.25, 0.3) is 0 Å². The monoisotopic (exact) mass is 302 g/mol. The summed E-state index contributed by atoms with van der Waals surface area (Å²) in [7, 11) is 1.23. The van der Waals surface area contributed by atoms with Gasteiger partial charge in [0.05, 0.1) is 18.5 Å². The molecule has 2 aromatic rings. The second-order valence-electron chi connectivity index (χ2n) is 4.47. The minimum Gasteiger partial charge on any atom is -0.469 e. The number of benzene rings is 2. The first-order valence-electron chi connectivity index (χ1n) is 6.37. The minimum atomic E-state index is -0.562. The van der Waals surface area contributed by atoms with Gasteiger partial charge in [0.1, 0.15) is 11.5 Å². The van der Waals surface area contributed by atoms with E-state index in [0.717, 1.165) is 0 Å². The molecule has 0 spiro atoms. The number of methoxy groups -OCH3 is 1. The Morgan fingerprint density at radius 1 is 1.18 bits per heavy atom. The molecule has 0 radical (unpaired) electrons. The maximum Gasteiger partial charge on any atom is 0.310 e. The molecule has 0 aliphatic heterocycles. The van der Waals surface area contributed by atoms with Crippen molar-refractivity contribution >= 4 is 17.3 Å². The van der Waals surface area contributed by atoms with Crippen molar-refractivity contribution in [2.24, 2.45) is 0 Å². The van der Waals surface area contributed by atoms with Crippen molar-refractivity contribution in [3.63, 3.8) is 0 Å². The SMILES string of the molecule is COC(=O)Cc1cc(Oc2ccc(N)cc2)ccc1[N+](=O)[O-]. The molecule has 0 atom stereocenters. The fourth-order valence-electron chi connectivity index (χ4n) is 1.84. The summed E-state index contributed by atoms with van der Waals surface area (Å²) in [6.07, 6.45) is -0.203. The Labute approximate surface area is 126 Å². The third-order valence-corrected chi connectivity index (χ3v) is 2.93. The highest BCUT2D eigenvalue weighted by Crippen LogP contribution is 2.28. The van der Waals surface area contributed by atoms with Crippen LogP contribution in [0.2, 0.25) is 0 Å². The first kappa shape index (κ1) is 15.3. The molecule has 2 aromatic carbocycles. The molecule has 2 rings (SSSR count). The number of hydrogen-bond acceptors (Lipinski definition) is 6. The number of hydrogen-bond donors (Lipinski definition) is 1. The van der Waals surface area contributed by atoms with E-state index in [9.17, 15) is 14.9 Å². The van der Waals surface area contributed by atoms with E-state index < -0.39 is 10.9 Å². The lowest BCUT2D eigenvalue weighted by Gasteiger charge is -2.08. The summed E-state index contributed by atoms with van der Waals surface area (Å²) in [5.74, 6) is 0.356. The quantitative estimate of drug-likeness (QED) is 0.394. The largest absolute Gasteiger partial charge is 0.469 e. The summed E-state index contributed by atoms with van der Waals surface area (Å²) in [6.45, 7) is 0. The summed E-state index contributed by atoms with van der Waals surface area (Å²) in [4.78, 5) is 21.8. The molecule has 0 saturated heterocycles. The van der Waals surface area contributed by atoms with Crippen molar-refractivity contribution in [1.82, 2.24) is 0 Å². The van der Waals surface area contributed by atoms with Crippen molar-refractivity contribution < 1.29 is 19.2 Å². The predicted molar refractivity (Wildman–Crippen MR) is 79.7 cm³/mol. The fourth-order valence-corrected chi connectivity index (χ4v) is 1.84. The number of anilines is 1. The molecular weight excluding hydrogens is 288 g/mol. The lowest BCUT2D eigenvalue weighted by Crippen LogP contribution is -2.07. The second kappa shape index (κ2) is 6.57. The van der Waals surface area contributed by atoms with Gasteiger partial charge in [0.2, 0.25) is 0 Å². The molecule has 0 unspecified atom stereocenters. The van der Waals surface area contributed by atoms with Crippen LogP contribution >= 0.6 is 0 Å². The van der Waals surface area contributed by atoms with Gasteiger partial charge in [-0.1, -0.05) is 0 Å². The first-order valence-corrected chi connectivity index (χ1v) is 6.37. The molecule has 0 heterocycles. The van der Waals surface area contributed by atoms with Gasteiger partial charge in [-0.25, -0.2) is 0 Å². The lowest BCUT2D eigenvalue weighted by atomic mass is 10.1. The van der Waals surface area contributed by atoms with Crippen LogP contribution < -0.4 is 10.5 Å². The van der Waals surface area contributed by atoms with Crippen LogP contribution in [0.4, 0.5) is 11.4 Å². The van der Waals surface area contributed by atoms with E-state index in [0.29, 0.717) is 17.2 Å². The van der Waals surface area contributed by atoms with E-state index >= 15 is 0 Å². The van der Waals surface area contributed by atoms with Crippen LogP contribution in [0.1, 0.15) is 5.56 Å². The van der Waals surface area contributed by atoms with E-state index in [1.54, 1.807) is 24.3 Å². The van der Waals surface area contributed by atoms with Crippen molar-refractivity contribution in [3.05, 3.63) is 58.1 Å². The van der Waals surface area contributed by atoms with Gasteiger partial charge in [-0.3, -0.25) is 14.9 Å². The van der Waals surface area contributed by atoms with Crippen LogP contribution in [0.15, 0.2) is 42.5 Å². The maximum atomic E-state index is 11.4. The van der Waals surface area contributed by atoms with Gasteiger partial charge < -0.3 is 15.2 Å². The number of nitrogens with two attached hydrogens (primary N) is 1. The van der Waals surface area contributed by atoms with Gasteiger partial charge in [-0.2, -0.15) is 0 Å². The number of nitro groups is 1. The molecule has 0 aliphatic carbocycles. The van der Waals surface area contributed by atoms with Crippen LogP contribution in [-0.2, 0) is 16.0 Å². The summed E-state index contributed by atoms with van der Waals surface area (Å²) >= 11 is 0. The molecule has 7 heteroatoms. The van der Waals surface area contributed by atoms with E-state index in [-0.39, 0.29) is 17.7 Å². The molecule has 0 bridgehead atoms. The van der Waals surface area contributed by atoms with E-state index in [1.807, 2.05) is 0 Å². The van der Waals surface area contributed by atoms with Gasteiger partial charge in [0.25, 0.3) is 5.69 Å². The Kier molecular flexibility index (Phi) is 4.57. The van der Waals surface area contributed by atoms with Gasteiger partial charge >= 0.3 is 5.97 Å². The normalized spacial score (nSPS) is 10.0. The average Bonchev–Trinajstić information content (AvgIpc) is 2.49. The van der Waals surface area contributed by atoms with Gasteiger partial charge in [-0.15, -0.1) is 0 Å². The Balaban J connectivity index is 2.29. The van der Waals surface area contributed by atoms with Crippen LogP contribution in [0, 0.1) is 10.1 Å². The Bertz CT molecular complexity index is 698. The molecule has 114 valence electrons. The number of esters is 1. The predicted octanol–water partition coefficient (Wildman–Crippen LogP) is 2.68. The molecule has 0 amide bonds. The number of nitrogen functional groups attached to an aromatic ring is 1. The molecular formula is C15H14N2O5. The lowest BCUT2D eigenvalue weighted by molar-refractivity contribution is -0.385. The average molecular weight is 302 g/mol. The Morgan fingerprint density at radius 3 is 2.41 bits per heavy atom. The van der Waals surface area contributed by atoms with Gasteiger partial charge in [0, 0.05) is 17.3 Å². The number of carbonyl (C=O) groups is 1. The third-order valence-electron chi connectivity index (χ3n) is 2.93. The van der Waals surface area contributed by atoms with Crippen LogP contribution in [0.5, 0.6) is 11.5 Å². The zero-order valence-corrected chi connectivity index (χ0v) is 11.8. The number of rotatable bonds is 5. The standard InChI is InChI=1S/C15H14N2O5/c1-21-15(18)9-10-8-13(6-7-14(10)17(19)20)22-12-4-2-11(16)3-5-12/h2-8H,9,16H2,1H3. The second-order valence-corrected chi connectivity index (χ2v) is 4.47. The molecule has 22 heavy (non-hydrogen) atoms. The Morgan fingerprint density at radius 2 is 1.82 bits per heavy atom. The summed E-state index contributed by atoms with van der Waals surface area (Å²) in [5.41, 5.74) is 6.25. The number of ether oxygens (including phenoxy) is 2. The molecule has 0 aromatic heterocycles. The summed E-state index contributed by atoms with van der Waals surface area (Å²) in [6, 6.07) is 10.9. The summed E-state index contributed by atoms with van der Waals surface area (Å²) in [5, 5.41) is 11.0. The first-order chi connectivity index (χ1) is 10.5. The molecule has 0 saturated carbocycles. The minimum absolute atomic E-state index is 0.157. The zero-order valence-electron chi connectivity index (χ0n) is 11.8. The van der Waals surface area contributed by atoms with Gasteiger partial charge in [-0.05, 0) is 36.4 Å². The van der Waals surface area contributed by atoms with E-state index in [2.05, 4.69) is 4.74 Å². The van der Waals surface area contributed by atoms with E-state index in [1.165, 1.54) is 25.3 Å². The molecule has 0 aliphatic rings. The fraction of sp³-hybridized carbons (Fsp3) is 0.133. The highest BCUT2D eigenvalue weighted by atomic mass is 16.6. The highest BCUT2D eigenvalue weighted by molar-refractivity contribution is 5.74. The zero-order chi connectivity index (χ0) is 16.1. The molecule has 2 N–H and O–H groups in total. The molecule has 7 nitrogen and oxygen atoms in total. The third kappa shape index (κ3) is 3.72. The number of nitro benzene ring substituents is 1. The van der Waals surface area contributed by atoms with Gasteiger partial charge in [0.15, 0.2) is 0 Å². The maximum absolute atomic E-state index is 11.4. The van der Waals surface area contributed by atoms with E-state index in [4.69, 9.17) is 10.5 Å². The topological polar surface area (TPSA) is 105 Å². The van der Waals surface area contributed by atoms with Crippen LogP contribution in [-0.4, -0.2) is 18.0 Å². The number of nitrogens with zero attached hydrogens (tertiary/aromatic N) is 1. The van der Waals surface area contributed by atoms with Crippen LogP contribution in [0.3, 0.4) is 0 Å². The van der Waals surface area contributed by atoms with Crippen molar-refractivity contribution in [1.29, 1.82) is 0 Å². The highest BCUT2D eigenvalue weighted by Gasteiger charge is 2.18. The smallest absolute Gasteiger partial charge is 0.310 e. The van der Waals surface area contributed by atoms with Crippen molar-refractivity contribution in [3.8, 4) is 11.5 Å². The summed E-state index contributed by atoms with van der Waals surface area (Å²) < 4.78 is 10.1. The Hall–Kier alpha value is -3.09. The molecule has 0 fully saturated rings. The van der Waals surface area contributed by atoms with Crippen molar-refractivity contribution in [2.45, 2.75) is 6.42 Å². The van der Waals surface area contributed by atoms with Crippen molar-refractivity contribution in [2.75, 3.05) is 12.8 Å². The number of carbonyl (C=O) groups excluding carboxylic acids is 1.